The molecule has 1 aliphatic rings. The summed E-state index contributed by atoms with van der Waals surface area (Å²) < 4.78 is 0. The first-order valence-electron chi connectivity index (χ1n) is 6.76. The van der Waals surface area contributed by atoms with Crippen molar-refractivity contribution < 1.29 is 5.11 Å². The normalized spacial score (nSPS) is 24.0. The zero-order valence-corrected chi connectivity index (χ0v) is 12.0. The van der Waals surface area contributed by atoms with Crippen molar-refractivity contribution in [3.8, 4) is 0 Å². The molecular formula is C15H22ClNO. The molecule has 0 spiro atoms. The number of hydrogen-bond acceptors (Lipinski definition) is 2. The molecule has 3 heteroatoms. The van der Waals surface area contributed by atoms with Crippen LogP contribution in [0.4, 0.5) is 5.69 Å². The number of anilines is 1. The zero-order chi connectivity index (χ0) is 13.1. The Hall–Kier alpha value is -0.730. The largest absolute Gasteiger partial charge is 0.392 e. The molecule has 18 heavy (non-hydrogen) atoms. The smallest absolute Gasteiger partial charge is 0.0716 e. The fourth-order valence-corrected chi connectivity index (χ4v) is 3.31. The highest BCUT2D eigenvalue weighted by Crippen LogP contribution is 2.34. The van der Waals surface area contributed by atoms with Gasteiger partial charge in [0.15, 0.2) is 0 Å². The van der Waals surface area contributed by atoms with Crippen LogP contribution >= 0.6 is 11.6 Å². The van der Waals surface area contributed by atoms with E-state index in [9.17, 15) is 5.11 Å². The van der Waals surface area contributed by atoms with Gasteiger partial charge in [0.05, 0.1) is 6.61 Å². The van der Waals surface area contributed by atoms with Crippen LogP contribution in [0.15, 0.2) is 18.2 Å². The molecule has 0 bridgehead atoms. The first-order chi connectivity index (χ1) is 8.65. The Labute approximate surface area is 115 Å². The summed E-state index contributed by atoms with van der Waals surface area (Å²) in [6, 6.07) is 6.41. The van der Waals surface area contributed by atoms with Crippen LogP contribution in [0.3, 0.4) is 0 Å². The standard InChI is InChI=1S/C15H22ClNO/c1-11-6-3-4-8-14(11)17(2)15-9-5-7-13(16)12(15)10-18/h5,7,9,11,14,18H,3-4,6,8,10H2,1-2H3. The Morgan fingerprint density at radius 3 is 2.72 bits per heavy atom. The first kappa shape index (κ1) is 13.7. The lowest BCUT2D eigenvalue weighted by atomic mass is 9.84. The van der Waals surface area contributed by atoms with Crippen LogP contribution in [0, 0.1) is 5.92 Å². The number of benzene rings is 1. The summed E-state index contributed by atoms with van der Waals surface area (Å²) in [6.45, 7) is 2.32. The van der Waals surface area contributed by atoms with Crippen LogP contribution in [-0.4, -0.2) is 18.2 Å². The van der Waals surface area contributed by atoms with Crippen LogP contribution in [-0.2, 0) is 6.61 Å². The van der Waals surface area contributed by atoms with Crippen LogP contribution in [0.1, 0.15) is 38.2 Å². The summed E-state index contributed by atoms with van der Waals surface area (Å²) in [5.74, 6) is 0.703. The van der Waals surface area contributed by atoms with Gasteiger partial charge in [-0.05, 0) is 30.9 Å². The maximum atomic E-state index is 9.50. The lowest BCUT2D eigenvalue weighted by molar-refractivity contribution is 0.280. The van der Waals surface area contributed by atoms with E-state index in [1.807, 2.05) is 12.1 Å². The number of aliphatic hydroxyl groups excluding tert-OH is 1. The van der Waals surface area contributed by atoms with Crippen LogP contribution in [0.25, 0.3) is 0 Å². The molecule has 2 unspecified atom stereocenters. The predicted molar refractivity (Wildman–Crippen MR) is 77.2 cm³/mol. The SMILES string of the molecule is CC1CCCCC1N(C)c1cccc(Cl)c1CO. The number of hydrogen-bond donors (Lipinski definition) is 1. The molecule has 0 amide bonds. The zero-order valence-electron chi connectivity index (χ0n) is 11.2. The molecule has 1 aromatic rings. The Kier molecular flexibility index (Phi) is 4.52. The molecule has 1 saturated carbocycles. The highest BCUT2D eigenvalue weighted by Gasteiger charge is 2.26. The Balaban J connectivity index is 2.27. The van der Waals surface area contributed by atoms with E-state index in [2.05, 4.69) is 24.9 Å². The van der Waals surface area contributed by atoms with Crippen molar-refractivity contribution in [3.63, 3.8) is 0 Å². The maximum Gasteiger partial charge on any atom is 0.0716 e. The monoisotopic (exact) mass is 267 g/mol. The van der Waals surface area contributed by atoms with Crippen molar-refractivity contribution in [2.75, 3.05) is 11.9 Å². The second kappa shape index (κ2) is 5.94. The van der Waals surface area contributed by atoms with E-state index in [0.717, 1.165) is 11.3 Å². The third kappa shape index (κ3) is 2.65. The van der Waals surface area contributed by atoms with E-state index in [-0.39, 0.29) is 6.61 Å². The van der Waals surface area contributed by atoms with Gasteiger partial charge in [0.2, 0.25) is 0 Å². The predicted octanol–water partition coefficient (Wildman–Crippen LogP) is 3.85. The van der Waals surface area contributed by atoms with Crippen LogP contribution < -0.4 is 4.90 Å². The molecule has 1 aliphatic carbocycles. The molecule has 0 aliphatic heterocycles. The van der Waals surface area contributed by atoms with Gasteiger partial charge >= 0.3 is 0 Å². The molecule has 100 valence electrons. The van der Waals surface area contributed by atoms with E-state index in [1.165, 1.54) is 25.7 Å². The minimum absolute atomic E-state index is 0.000444. The summed E-state index contributed by atoms with van der Waals surface area (Å²) in [6.07, 6.45) is 5.17. The fraction of sp³-hybridized carbons (Fsp3) is 0.600. The minimum atomic E-state index is 0.000444. The van der Waals surface area contributed by atoms with Gasteiger partial charge in [0.1, 0.15) is 0 Å². The van der Waals surface area contributed by atoms with Crippen LogP contribution in [0.5, 0.6) is 0 Å². The third-order valence-corrected chi connectivity index (χ3v) is 4.55. The van der Waals surface area contributed by atoms with Crippen molar-refractivity contribution in [2.24, 2.45) is 5.92 Å². The number of halogens is 1. The van der Waals surface area contributed by atoms with Gasteiger partial charge in [0.25, 0.3) is 0 Å². The summed E-state index contributed by atoms with van der Waals surface area (Å²) in [7, 11) is 2.12. The van der Waals surface area contributed by atoms with Crippen molar-refractivity contribution in [1.82, 2.24) is 0 Å². The van der Waals surface area contributed by atoms with E-state index < -0.39 is 0 Å². The average Bonchev–Trinajstić information content (AvgIpc) is 2.38. The lowest BCUT2D eigenvalue weighted by Crippen LogP contribution is -2.39. The highest BCUT2D eigenvalue weighted by molar-refractivity contribution is 6.31. The number of aliphatic hydroxyl groups is 1. The second-order valence-electron chi connectivity index (χ2n) is 5.34. The number of rotatable bonds is 3. The van der Waals surface area contributed by atoms with Gasteiger partial charge in [0, 0.05) is 29.4 Å². The molecular weight excluding hydrogens is 246 g/mol. The summed E-state index contributed by atoms with van der Waals surface area (Å²) >= 11 is 6.16. The van der Waals surface area contributed by atoms with Gasteiger partial charge in [-0.25, -0.2) is 0 Å². The number of nitrogens with zero attached hydrogens (tertiary/aromatic N) is 1. The Morgan fingerprint density at radius 2 is 2.06 bits per heavy atom. The molecule has 2 atom stereocenters. The van der Waals surface area contributed by atoms with Gasteiger partial charge in [-0.1, -0.05) is 37.4 Å². The van der Waals surface area contributed by atoms with Crippen LogP contribution in [0.2, 0.25) is 5.02 Å². The van der Waals surface area contributed by atoms with E-state index in [1.54, 1.807) is 0 Å². The van der Waals surface area contributed by atoms with Gasteiger partial charge in [-0.3, -0.25) is 0 Å². The first-order valence-corrected chi connectivity index (χ1v) is 7.14. The van der Waals surface area contributed by atoms with Crippen molar-refractivity contribution in [3.05, 3.63) is 28.8 Å². The molecule has 0 heterocycles. The molecule has 1 N–H and O–H groups in total. The van der Waals surface area contributed by atoms with Gasteiger partial charge in [-0.2, -0.15) is 0 Å². The summed E-state index contributed by atoms with van der Waals surface area (Å²) in [5, 5.41) is 10.2. The molecule has 1 aromatic carbocycles. The third-order valence-electron chi connectivity index (χ3n) is 4.20. The highest BCUT2D eigenvalue weighted by atomic mass is 35.5. The van der Waals surface area contributed by atoms with Crippen molar-refractivity contribution in [2.45, 2.75) is 45.3 Å². The summed E-state index contributed by atoms with van der Waals surface area (Å²) in [4.78, 5) is 2.31. The summed E-state index contributed by atoms with van der Waals surface area (Å²) in [5.41, 5.74) is 1.92. The second-order valence-corrected chi connectivity index (χ2v) is 5.74. The maximum absolute atomic E-state index is 9.50. The van der Waals surface area contributed by atoms with Crippen molar-refractivity contribution >= 4 is 17.3 Å². The molecule has 0 saturated heterocycles. The molecule has 2 nitrogen and oxygen atoms in total. The lowest BCUT2D eigenvalue weighted by Gasteiger charge is -2.38. The van der Waals surface area contributed by atoms with E-state index >= 15 is 0 Å². The Morgan fingerprint density at radius 1 is 1.33 bits per heavy atom. The quantitative estimate of drug-likeness (QED) is 0.899. The molecule has 0 radical (unpaired) electrons. The van der Waals surface area contributed by atoms with E-state index in [4.69, 9.17) is 11.6 Å². The average molecular weight is 268 g/mol. The van der Waals surface area contributed by atoms with Gasteiger partial charge in [-0.15, -0.1) is 0 Å². The minimum Gasteiger partial charge on any atom is -0.392 e. The topological polar surface area (TPSA) is 23.5 Å². The van der Waals surface area contributed by atoms with Crippen molar-refractivity contribution in [1.29, 1.82) is 0 Å². The molecule has 2 rings (SSSR count). The molecule has 0 aromatic heterocycles. The fourth-order valence-electron chi connectivity index (χ4n) is 3.08. The Bertz CT molecular complexity index is 407. The van der Waals surface area contributed by atoms with Gasteiger partial charge < -0.3 is 10.0 Å². The molecule has 1 fully saturated rings. The van der Waals surface area contributed by atoms with E-state index in [0.29, 0.717) is 17.0 Å².